The molecule has 0 amide bonds. The molecular formula is C15H25O2Si. The molecule has 1 rings (SSSR count). The molecule has 1 atom stereocenters. The van der Waals surface area contributed by atoms with Crippen molar-refractivity contribution >= 4 is 8.56 Å². The van der Waals surface area contributed by atoms with Crippen molar-refractivity contribution in [2.75, 3.05) is 7.11 Å². The normalized spacial score (nSPS) is 11.5. The maximum Gasteiger partial charge on any atom is 0.398 e. The predicted molar refractivity (Wildman–Crippen MR) is 78.9 cm³/mol. The summed E-state index contributed by atoms with van der Waals surface area (Å²) in [6, 6.07) is 12.1. The average molecular weight is 265 g/mol. The van der Waals surface area contributed by atoms with E-state index >= 15 is 0 Å². The number of rotatable bonds is 9. The Morgan fingerprint density at radius 3 is 2.33 bits per heavy atom. The van der Waals surface area contributed by atoms with E-state index in [-0.39, 0.29) is 0 Å². The Morgan fingerprint density at radius 1 is 1.11 bits per heavy atom. The summed E-state index contributed by atoms with van der Waals surface area (Å²) in [5.74, 6) is 0.936. The van der Waals surface area contributed by atoms with Gasteiger partial charge in [0.05, 0.1) is 0 Å². The molecule has 0 spiro atoms. The number of hydrogen-bond donors (Lipinski definition) is 0. The van der Waals surface area contributed by atoms with Gasteiger partial charge in [-0.3, -0.25) is 0 Å². The Balaban J connectivity index is 2.73. The Labute approximate surface area is 113 Å². The fraction of sp³-hybridized carbons (Fsp3) is 0.533. The van der Waals surface area contributed by atoms with Crippen LogP contribution in [0.2, 0.25) is 12.1 Å². The third-order valence-electron chi connectivity index (χ3n) is 3.14. The van der Waals surface area contributed by atoms with Crippen LogP contribution in [0.25, 0.3) is 0 Å². The van der Waals surface area contributed by atoms with Gasteiger partial charge in [-0.1, -0.05) is 57.7 Å². The molecule has 0 fully saturated rings. The molecule has 2 nitrogen and oxygen atoms in total. The van der Waals surface area contributed by atoms with Crippen LogP contribution in [0, 0.1) is 6.92 Å². The predicted octanol–water partition coefficient (Wildman–Crippen LogP) is 4.57. The molecule has 1 radical (unpaired) electrons. The molecule has 0 aliphatic heterocycles. The minimum atomic E-state index is -2.09. The van der Waals surface area contributed by atoms with Crippen LogP contribution in [0.15, 0.2) is 30.3 Å². The summed E-state index contributed by atoms with van der Waals surface area (Å²) in [5.41, 5.74) is 0. The van der Waals surface area contributed by atoms with E-state index in [2.05, 4.69) is 13.8 Å². The summed E-state index contributed by atoms with van der Waals surface area (Å²) in [4.78, 5) is 0. The van der Waals surface area contributed by atoms with Crippen molar-refractivity contribution < 1.29 is 8.85 Å². The summed E-state index contributed by atoms with van der Waals surface area (Å²) >= 11 is 0. The lowest BCUT2D eigenvalue weighted by molar-refractivity contribution is 0.293. The van der Waals surface area contributed by atoms with Gasteiger partial charge in [0.15, 0.2) is 0 Å². The van der Waals surface area contributed by atoms with Gasteiger partial charge in [-0.15, -0.1) is 0 Å². The first kappa shape index (κ1) is 15.3. The van der Waals surface area contributed by atoms with E-state index in [9.17, 15) is 0 Å². The van der Waals surface area contributed by atoms with Crippen LogP contribution >= 0.6 is 0 Å². The van der Waals surface area contributed by atoms with Crippen molar-refractivity contribution in [2.45, 2.75) is 44.7 Å². The molecule has 0 saturated heterocycles. The molecule has 0 aliphatic carbocycles. The Hall–Kier alpha value is -0.803. The van der Waals surface area contributed by atoms with Gasteiger partial charge in [0.1, 0.15) is 5.75 Å². The van der Waals surface area contributed by atoms with Crippen LogP contribution in [-0.4, -0.2) is 15.7 Å². The van der Waals surface area contributed by atoms with Crippen LogP contribution in [0.3, 0.4) is 0 Å². The van der Waals surface area contributed by atoms with Crippen LogP contribution in [-0.2, 0) is 4.43 Å². The van der Waals surface area contributed by atoms with Crippen molar-refractivity contribution in [3.05, 3.63) is 37.3 Å². The maximum absolute atomic E-state index is 6.24. The SMILES string of the molecule is [CH2]CCC[Si](CCCC)(OC)Oc1ccccc1. The van der Waals surface area contributed by atoms with Gasteiger partial charge >= 0.3 is 8.56 Å². The second-order valence-electron chi connectivity index (χ2n) is 4.59. The quantitative estimate of drug-likeness (QED) is 0.609. The van der Waals surface area contributed by atoms with Crippen molar-refractivity contribution in [3.63, 3.8) is 0 Å². The first-order chi connectivity index (χ1) is 8.76. The van der Waals surface area contributed by atoms with E-state index in [4.69, 9.17) is 8.85 Å². The summed E-state index contributed by atoms with van der Waals surface area (Å²) in [6.07, 6.45) is 4.38. The van der Waals surface area contributed by atoms with E-state index in [1.807, 2.05) is 30.3 Å². The molecule has 0 aliphatic rings. The zero-order chi connectivity index (χ0) is 13.3. The highest BCUT2D eigenvalue weighted by Crippen LogP contribution is 2.26. The lowest BCUT2D eigenvalue weighted by atomic mass is 10.3. The summed E-state index contributed by atoms with van der Waals surface area (Å²) in [5, 5.41) is 0. The molecule has 0 N–H and O–H groups in total. The van der Waals surface area contributed by atoms with Crippen molar-refractivity contribution in [3.8, 4) is 5.75 Å². The fourth-order valence-electron chi connectivity index (χ4n) is 2.02. The van der Waals surface area contributed by atoms with E-state index < -0.39 is 8.56 Å². The smallest absolute Gasteiger partial charge is 0.398 e. The molecule has 1 aromatic rings. The molecule has 0 bridgehead atoms. The minimum absolute atomic E-state index is 0.936. The second kappa shape index (κ2) is 8.33. The van der Waals surface area contributed by atoms with Gasteiger partial charge in [0.25, 0.3) is 0 Å². The van der Waals surface area contributed by atoms with Crippen LogP contribution in [0.1, 0.15) is 32.6 Å². The first-order valence-corrected chi connectivity index (χ1v) is 9.08. The highest BCUT2D eigenvalue weighted by Gasteiger charge is 2.37. The number of unbranched alkanes of at least 4 members (excludes halogenated alkanes) is 2. The monoisotopic (exact) mass is 265 g/mol. The second-order valence-corrected chi connectivity index (χ2v) is 8.02. The maximum atomic E-state index is 6.24. The Morgan fingerprint density at radius 2 is 1.78 bits per heavy atom. The lowest BCUT2D eigenvalue weighted by Crippen LogP contribution is -2.44. The van der Waals surface area contributed by atoms with Gasteiger partial charge < -0.3 is 8.85 Å². The Bertz CT molecular complexity index is 306. The van der Waals surface area contributed by atoms with Crippen LogP contribution in [0.4, 0.5) is 0 Å². The third kappa shape index (κ3) is 4.82. The molecule has 0 saturated carbocycles. The van der Waals surface area contributed by atoms with E-state index in [0.29, 0.717) is 0 Å². The molecule has 0 heterocycles. The van der Waals surface area contributed by atoms with E-state index in [0.717, 1.165) is 30.7 Å². The zero-order valence-corrected chi connectivity index (χ0v) is 12.7. The van der Waals surface area contributed by atoms with Gasteiger partial charge in [-0.05, 0) is 12.1 Å². The van der Waals surface area contributed by atoms with Crippen LogP contribution < -0.4 is 4.43 Å². The van der Waals surface area contributed by atoms with Crippen molar-refractivity contribution in [2.24, 2.45) is 0 Å². The fourth-order valence-corrected chi connectivity index (χ4v) is 5.21. The summed E-state index contributed by atoms with van der Waals surface area (Å²) < 4.78 is 12.1. The standard InChI is InChI=1S/C15H25O2Si/c1-4-6-13-18(16-3,14-7-5-2)17-15-11-9-8-10-12-15/h8-12H,1,4-7,13-14H2,2-3H3. The average Bonchev–Trinajstić information content (AvgIpc) is 2.43. The topological polar surface area (TPSA) is 18.5 Å². The van der Waals surface area contributed by atoms with Crippen molar-refractivity contribution in [1.82, 2.24) is 0 Å². The van der Waals surface area contributed by atoms with Gasteiger partial charge in [-0.25, -0.2) is 0 Å². The number of para-hydroxylation sites is 1. The third-order valence-corrected chi connectivity index (χ3v) is 6.72. The Kier molecular flexibility index (Phi) is 7.06. The lowest BCUT2D eigenvalue weighted by Gasteiger charge is -2.29. The zero-order valence-electron chi connectivity index (χ0n) is 11.7. The first-order valence-electron chi connectivity index (χ1n) is 6.85. The molecule has 101 valence electrons. The largest absolute Gasteiger partial charge is 0.520 e. The molecule has 3 heteroatoms. The molecular weight excluding hydrogens is 240 g/mol. The summed E-state index contributed by atoms with van der Waals surface area (Å²) in [6.45, 7) is 6.13. The van der Waals surface area contributed by atoms with Gasteiger partial charge in [0.2, 0.25) is 0 Å². The molecule has 18 heavy (non-hydrogen) atoms. The molecule has 1 unspecified atom stereocenters. The number of hydrogen-bond acceptors (Lipinski definition) is 2. The molecule has 1 aromatic carbocycles. The van der Waals surface area contributed by atoms with Gasteiger partial charge in [0, 0.05) is 19.2 Å². The van der Waals surface area contributed by atoms with E-state index in [1.165, 1.54) is 12.8 Å². The summed E-state index contributed by atoms with van der Waals surface area (Å²) in [7, 11) is -0.293. The molecule has 0 aromatic heterocycles. The van der Waals surface area contributed by atoms with Gasteiger partial charge in [-0.2, -0.15) is 0 Å². The van der Waals surface area contributed by atoms with E-state index in [1.54, 1.807) is 7.11 Å². The minimum Gasteiger partial charge on any atom is -0.520 e. The van der Waals surface area contributed by atoms with Crippen molar-refractivity contribution in [1.29, 1.82) is 0 Å². The highest BCUT2D eigenvalue weighted by atomic mass is 28.4. The van der Waals surface area contributed by atoms with Crippen LogP contribution in [0.5, 0.6) is 5.75 Å². The number of benzene rings is 1. The highest BCUT2D eigenvalue weighted by molar-refractivity contribution is 6.68.